The maximum absolute atomic E-state index is 11.7. The van der Waals surface area contributed by atoms with Crippen LogP contribution in [-0.4, -0.2) is 30.1 Å². The first-order valence-electron chi connectivity index (χ1n) is 5.80. The molecule has 1 aliphatic rings. The van der Waals surface area contributed by atoms with E-state index in [-0.39, 0.29) is 6.03 Å². The monoisotopic (exact) mass is 198 g/mol. The number of unbranched alkanes of at least 4 members (excludes halogenated alkanes) is 1. The number of carbonyl (C=O) groups excluding carboxylic acids is 1. The van der Waals surface area contributed by atoms with Crippen molar-refractivity contribution in [1.29, 1.82) is 0 Å². The predicted molar refractivity (Wildman–Crippen MR) is 58.3 cm³/mol. The number of likely N-dealkylation sites (tertiary alicyclic amines) is 1. The first-order valence-corrected chi connectivity index (χ1v) is 5.80. The van der Waals surface area contributed by atoms with Gasteiger partial charge in [0.15, 0.2) is 0 Å². The lowest BCUT2D eigenvalue weighted by Crippen LogP contribution is -2.47. The molecule has 1 saturated heterocycles. The first-order chi connectivity index (χ1) is 6.75. The maximum atomic E-state index is 11.7. The molecule has 14 heavy (non-hydrogen) atoms. The lowest BCUT2D eigenvalue weighted by atomic mass is 10.0. The van der Waals surface area contributed by atoms with Crippen LogP contribution in [0.15, 0.2) is 0 Å². The molecular formula is C11H22N2O. The summed E-state index contributed by atoms with van der Waals surface area (Å²) in [6, 6.07) is 0.552. The lowest BCUT2D eigenvalue weighted by molar-refractivity contribution is 0.158. The molecule has 2 amide bonds. The summed E-state index contributed by atoms with van der Waals surface area (Å²) in [5.41, 5.74) is 0. The number of hydrogen-bond donors (Lipinski definition) is 1. The Hall–Kier alpha value is -0.730. The van der Waals surface area contributed by atoms with Crippen molar-refractivity contribution in [3.05, 3.63) is 0 Å². The van der Waals surface area contributed by atoms with Gasteiger partial charge in [-0.1, -0.05) is 13.3 Å². The largest absolute Gasteiger partial charge is 0.338 e. The van der Waals surface area contributed by atoms with Crippen molar-refractivity contribution in [3.8, 4) is 0 Å². The topological polar surface area (TPSA) is 32.3 Å². The summed E-state index contributed by atoms with van der Waals surface area (Å²) in [7, 11) is 0. The number of amides is 2. The van der Waals surface area contributed by atoms with Gasteiger partial charge in [-0.2, -0.15) is 0 Å². The molecule has 0 aromatic rings. The number of hydrogen-bond acceptors (Lipinski definition) is 1. The molecule has 82 valence electrons. The molecule has 1 N–H and O–H groups in total. The number of nitrogens with one attached hydrogen (secondary N) is 1. The van der Waals surface area contributed by atoms with Gasteiger partial charge in [0, 0.05) is 19.1 Å². The van der Waals surface area contributed by atoms with Crippen LogP contribution in [0.4, 0.5) is 4.79 Å². The molecule has 0 aliphatic carbocycles. The van der Waals surface area contributed by atoms with Crippen LogP contribution in [0.5, 0.6) is 0 Å². The molecule has 1 heterocycles. The van der Waals surface area contributed by atoms with E-state index in [9.17, 15) is 4.79 Å². The summed E-state index contributed by atoms with van der Waals surface area (Å²) >= 11 is 0. The zero-order valence-corrected chi connectivity index (χ0v) is 9.38. The number of carbonyl (C=O) groups is 1. The Morgan fingerprint density at radius 3 is 2.93 bits per heavy atom. The van der Waals surface area contributed by atoms with E-state index in [1.54, 1.807) is 0 Å². The third kappa shape index (κ3) is 3.20. The second kappa shape index (κ2) is 5.89. The van der Waals surface area contributed by atoms with E-state index in [1.807, 2.05) is 4.90 Å². The highest BCUT2D eigenvalue weighted by Crippen LogP contribution is 2.15. The fourth-order valence-corrected chi connectivity index (χ4v) is 1.87. The summed E-state index contributed by atoms with van der Waals surface area (Å²) in [5, 5.41) is 2.97. The van der Waals surface area contributed by atoms with Crippen LogP contribution >= 0.6 is 0 Å². The second-order valence-electron chi connectivity index (χ2n) is 4.12. The number of piperidine rings is 1. The lowest BCUT2D eigenvalue weighted by Gasteiger charge is -2.33. The molecule has 0 aromatic heterocycles. The van der Waals surface area contributed by atoms with E-state index < -0.39 is 0 Å². The fourth-order valence-electron chi connectivity index (χ4n) is 1.87. The zero-order valence-electron chi connectivity index (χ0n) is 9.38. The van der Waals surface area contributed by atoms with Crippen LogP contribution in [0.25, 0.3) is 0 Å². The van der Waals surface area contributed by atoms with E-state index in [0.29, 0.717) is 6.04 Å². The molecular weight excluding hydrogens is 176 g/mol. The van der Waals surface area contributed by atoms with Gasteiger partial charge in [-0.25, -0.2) is 4.79 Å². The molecule has 0 aromatic carbocycles. The third-order valence-electron chi connectivity index (χ3n) is 2.87. The van der Waals surface area contributed by atoms with Gasteiger partial charge in [0.25, 0.3) is 0 Å². The second-order valence-corrected chi connectivity index (χ2v) is 4.12. The highest BCUT2D eigenvalue weighted by molar-refractivity contribution is 5.74. The summed E-state index contributed by atoms with van der Waals surface area (Å²) in [6.07, 6.45) is 5.79. The number of rotatable bonds is 3. The molecule has 0 saturated carbocycles. The SMILES string of the molecule is CCCCNC(=O)N1CCCCC1C. The van der Waals surface area contributed by atoms with E-state index in [1.165, 1.54) is 6.42 Å². The van der Waals surface area contributed by atoms with Crippen LogP contribution in [0.2, 0.25) is 0 Å². The summed E-state index contributed by atoms with van der Waals surface area (Å²) < 4.78 is 0. The molecule has 3 nitrogen and oxygen atoms in total. The van der Waals surface area contributed by atoms with Gasteiger partial charge in [-0.05, 0) is 32.6 Å². The van der Waals surface area contributed by atoms with Crippen LogP contribution in [-0.2, 0) is 0 Å². The first kappa shape index (κ1) is 11.3. The molecule has 0 spiro atoms. The predicted octanol–water partition coefficient (Wildman–Crippen LogP) is 2.37. The Morgan fingerprint density at radius 2 is 2.29 bits per heavy atom. The highest BCUT2D eigenvalue weighted by Gasteiger charge is 2.22. The number of urea groups is 1. The molecule has 1 aliphatic heterocycles. The van der Waals surface area contributed by atoms with Gasteiger partial charge in [0.2, 0.25) is 0 Å². The number of nitrogens with zero attached hydrogens (tertiary/aromatic N) is 1. The van der Waals surface area contributed by atoms with Gasteiger partial charge in [0.05, 0.1) is 0 Å². The third-order valence-corrected chi connectivity index (χ3v) is 2.87. The molecule has 1 fully saturated rings. The van der Waals surface area contributed by atoms with E-state index in [2.05, 4.69) is 19.2 Å². The average molecular weight is 198 g/mol. The minimum absolute atomic E-state index is 0.130. The normalized spacial score (nSPS) is 22.1. The summed E-state index contributed by atoms with van der Waals surface area (Å²) in [5.74, 6) is 0. The van der Waals surface area contributed by atoms with Gasteiger partial charge in [-0.3, -0.25) is 0 Å². The maximum Gasteiger partial charge on any atom is 0.317 e. The minimum Gasteiger partial charge on any atom is -0.338 e. The van der Waals surface area contributed by atoms with Crippen molar-refractivity contribution in [2.75, 3.05) is 13.1 Å². The van der Waals surface area contributed by atoms with Gasteiger partial charge >= 0.3 is 6.03 Å². The molecule has 1 rings (SSSR count). The Labute approximate surface area is 86.9 Å². The molecule has 1 unspecified atom stereocenters. The van der Waals surface area contributed by atoms with Crippen molar-refractivity contribution in [1.82, 2.24) is 10.2 Å². The Morgan fingerprint density at radius 1 is 1.50 bits per heavy atom. The summed E-state index contributed by atoms with van der Waals surface area (Å²) in [4.78, 5) is 13.7. The van der Waals surface area contributed by atoms with Gasteiger partial charge in [-0.15, -0.1) is 0 Å². The summed E-state index contributed by atoms with van der Waals surface area (Å²) in [6.45, 7) is 6.02. The van der Waals surface area contributed by atoms with Crippen LogP contribution in [0.3, 0.4) is 0 Å². The minimum atomic E-state index is 0.130. The van der Waals surface area contributed by atoms with E-state index >= 15 is 0 Å². The smallest absolute Gasteiger partial charge is 0.317 e. The Bertz CT molecular complexity index is 182. The van der Waals surface area contributed by atoms with Crippen molar-refractivity contribution in [2.24, 2.45) is 0 Å². The van der Waals surface area contributed by atoms with Crippen LogP contribution in [0.1, 0.15) is 46.0 Å². The van der Waals surface area contributed by atoms with Crippen molar-refractivity contribution in [2.45, 2.75) is 52.0 Å². The average Bonchev–Trinajstić information content (AvgIpc) is 2.18. The van der Waals surface area contributed by atoms with Crippen LogP contribution < -0.4 is 5.32 Å². The molecule has 3 heteroatoms. The molecule has 0 bridgehead atoms. The fraction of sp³-hybridized carbons (Fsp3) is 0.909. The van der Waals surface area contributed by atoms with Crippen molar-refractivity contribution < 1.29 is 4.79 Å². The zero-order chi connectivity index (χ0) is 10.4. The highest BCUT2D eigenvalue weighted by atomic mass is 16.2. The van der Waals surface area contributed by atoms with Gasteiger partial charge in [0.1, 0.15) is 0 Å². The van der Waals surface area contributed by atoms with E-state index in [0.717, 1.165) is 38.8 Å². The van der Waals surface area contributed by atoms with Crippen LogP contribution in [0, 0.1) is 0 Å². The van der Waals surface area contributed by atoms with Crippen molar-refractivity contribution >= 4 is 6.03 Å². The van der Waals surface area contributed by atoms with Gasteiger partial charge < -0.3 is 10.2 Å². The Balaban J connectivity index is 2.27. The van der Waals surface area contributed by atoms with Crippen molar-refractivity contribution in [3.63, 3.8) is 0 Å². The standard InChI is InChI=1S/C11H22N2O/c1-3-4-8-12-11(14)13-9-6-5-7-10(13)2/h10H,3-9H2,1-2H3,(H,12,14). The molecule has 0 radical (unpaired) electrons. The quantitative estimate of drug-likeness (QED) is 0.694. The Kier molecular flexibility index (Phi) is 4.77. The molecule has 1 atom stereocenters. The van der Waals surface area contributed by atoms with E-state index in [4.69, 9.17) is 0 Å².